The Morgan fingerprint density at radius 2 is 1.23 bits per heavy atom. The summed E-state index contributed by atoms with van der Waals surface area (Å²) in [5, 5.41) is 4.09. The average Bonchev–Trinajstić information content (AvgIpc) is 2.90. The molecule has 0 saturated carbocycles. The van der Waals surface area contributed by atoms with Gasteiger partial charge in [0.1, 0.15) is 6.10 Å². The summed E-state index contributed by atoms with van der Waals surface area (Å²) in [7, 11) is 0. The van der Waals surface area contributed by atoms with Gasteiger partial charge in [-0.1, -0.05) is 96.1 Å². The summed E-state index contributed by atoms with van der Waals surface area (Å²) in [4.78, 5) is 3.11. The van der Waals surface area contributed by atoms with Gasteiger partial charge in [0.05, 0.1) is 50.8 Å². The highest BCUT2D eigenvalue weighted by Gasteiger charge is 2.45. The molecule has 0 aliphatic carbocycles. The summed E-state index contributed by atoms with van der Waals surface area (Å²) in [5.41, 5.74) is 12.5. The van der Waals surface area contributed by atoms with E-state index in [1.807, 2.05) is 97.9 Å². The highest BCUT2D eigenvalue weighted by atomic mass is 16.6. The Morgan fingerprint density at radius 3 is 1.74 bits per heavy atom. The summed E-state index contributed by atoms with van der Waals surface area (Å²) >= 11 is 0. The fourth-order valence-corrected chi connectivity index (χ4v) is 4.27. The molecule has 7 heteroatoms. The van der Waals surface area contributed by atoms with E-state index in [2.05, 4.69) is 10.0 Å². The first-order chi connectivity index (χ1) is 17.2. The van der Waals surface area contributed by atoms with Crippen LogP contribution >= 0.6 is 0 Å². The molecule has 4 rings (SSSR count). The van der Waals surface area contributed by atoms with Crippen molar-refractivity contribution in [3.05, 3.63) is 118 Å². The number of hydrogen-bond acceptors (Lipinski definition) is 5. The zero-order valence-electron chi connectivity index (χ0n) is 19.9. The number of benzene rings is 3. The molecule has 0 radical (unpaired) electrons. The van der Waals surface area contributed by atoms with Crippen LogP contribution in [0.2, 0.25) is 0 Å². The Morgan fingerprint density at radius 1 is 0.743 bits per heavy atom. The van der Waals surface area contributed by atoms with Crippen LogP contribution in [0.15, 0.2) is 96.1 Å². The molecule has 1 heterocycles. The SMILES string of the molecule is C[C@@H]1O[C@H](COCc2ccccc2)[C@@H](N=[N+]=[N-])[C@H](OCc2ccccc2)[C@H]1OCc1ccccc1. The summed E-state index contributed by atoms with van der Waals surface area (Å²) in [5.74, 6) is 0. The van der Waals surface area contributed by atoms with Crippen LogP contribution in [0, 0.1) is 0 Å². The van der Waals surface area contributed by atoms with E-state index in [4.69, 9.17) is 18.9 Å². The minimum Gasteiger partial charge on any atom is -0.374 e. The van der Waals surface area contributed by atoms with Gasteiger partial charge < -0.3 is 18.9 Å². The molecule has 1 fully saturated rings. The van der Waals surface area contributed by atoms with Gasteiger partial charge in [-0.2, -0.15) is 0 Å². The molecular weight excluding hydrogens is 442 g/mol. The highest BCUT2D eigenvalue weighted by Crippen LogP contribution is 2.30. The third-order valence-electron chi connectivity index (χ3n) is 6.04. The minimum absolute atomic E-state index is 0.277. The first-order valence-corrected chi connectivity index (χ1v) is 11.9. The molecule has 1 aliphatic rings. The van der Waals surface area contributed by atoms with E-state index >= 15 is 0 Å². The summed E-state index contributed by atoms with van der Waals surface area (Å²) in [6.45, 7) is 3.47. The summed E-state index contributed by atoms with van der Waals surface area (Å²) in [6.07, 6.45) is -1.65. The Balaban J connectivity index is 1.49. The van der Waals surface area contributed by atoms with Crippen LogP contribution in [0.3, 0.4) is 0 Å². The second-order valence-electron chi connectivity index (χ2n) is 8.60. The van der Waals surface area contributed by atoms with Gasteiger partial charge in [0.15, 0.2) is 0 Å². The van der Waals surface area contributed by atoms with E-state index < -0.39 is 24.4 Å². The van der Waals surface area contributed by atoms with Gasteiger partial charge >= 0.3 is 0 Å². The van der Waals surface area contributed by atoms with Crippen molar-refractivity contribution < 1.29 is 18.9 Å². The molecule has 0 spiro atoms. The van der Waals surface area contributed by atoms with E-state index in [0.717, 1.165) is 16.7 Å². The Hall–Kier alpha value is -3.19. The molecule has 0 amide bonds. The second-order valence-corrected chi connectivity index (χ2v) is 8.60. The molecule has 182 valence electrons. The zero-order valence-corrected chi connectivity index (χ0v) is 19.9. The van der Waals surface area contributed by atoms with Crippen LogP contribution in [0.5, 0.6) is 0 Å². The van der Waals surface area contributed by atoms with Gasteiger partial charge in [-0.25, -0.2) is 0 Å². The fraction of sp³-hybridized carbons (Fsp3) is 0.357. The molecule has 7 nitrogen and oxygen atoms in total. The standard InChI is InChI=1S/C28H31N3O4/c1-21-27(33-18-23-13-7-3-8-14-23)28(34-19-24-15-9-4-10-16-24)26(30-31-29)25(35-21)20-32-17-22-11-5-2-6-12-22/h2-16,21,25-28H,17-20H2,1H3/t21-,25+,26+,27-,28-/m0/s1. The van der Waals surface area contributed by atoms with E-state index in [9.17, 15) is 5.53 Å². The maximum Gasteiger partial charge on any atom is 0.110 e. The highest BCUT2D eigenvalue weighted by molar-refractivity contribution is 5.15. The third kappa shape index (κ3) is 7.15. The first kappa shape index (κ1) is 24.9. The minimum atomic E-state index is -0.601. The van der Waals surface area contributed by atoms with Crippen molar-refractivity contribution in [3.8, 4) is 0 Å². The maximum absolute atomic E-state index is 9.37. The summed E-state index contributed by atoms with van der Waals surface area (Å²) < 4.78 is 24.9. The number of ether oxygens (including phenoxy) is 4. The molecule has 3 aromatic rings. The molecule has 0 bridgehead atoms. The van der Waals surface area contributed by atoms with Crippen molar-refractivity contribution in [3.63, 3.8) is 0 Å². The van der Waals surface area contributed by atoms with Gasteiger partial charge in [-0.05, 0) is 29.1 Å². The molecule has 1 aliphatic heterocycles. The molecule has 0 unspecified atom stereocenters. The number of nitrogens with zero attached hydrogens (tertiary/aromatic N) is 3. The van der Waals surface area contributed by atoms with Crippen LogP contribution < -0.4 is 0 Å². The van der Waals surface area contributed by atoms with Crippen LogP contribution in [0.1, 0.15) is 23.6 Å². The van der Waals surface area contributed by atoms with Gasteiger partial charge in [-0.15, -0.1) is 0 Å². The second kappa shape index (κ2) is 13.0. The maximum atomic E-state index is 9.37. The predicted octanol–water partition coefficient (Wildman–Crippen LogP) is 5.84. The lowest BCUT2D eigenvalue weighted by atomic mass is 9.93. The normalized spacial score (nSPS) is 24.0. The Kier molecular flexibility index (Phi) is 9.29. The molecular formula is C28H31N3O4. The monoisotopic (exact) mass is 473 g/mol. The van der Waals surface area contributed by atoms with Crippen molar-refractivity contribution in [1.29, 1.82) is 0 Å². The lowest BCUT2D eigenvalue weighted by molar-refractivity contribution is -0.220. The summed E-state index contributed by atoms with van der Waals surface area (Å²) in [6, 6.07) is 29.2. The third-order valence-corrected chi connectivity index (χ3v) is 6.04. The van der Waals surface area contributed by atoms with Crippen molar-refractivity contribution in [1.82, 2.24) is 0 Å². The van der Waals surface area contributed by atoms with E-state index in [1.54, 1.807) is 0 Å². The van der Waals surface area contributed by atoms with Crippen LogP contribution in [0.25, 0.3) is 10.4 Å². The predicted molar refractivity (Wildman–Crippen MR) is 133 cm³/mol. The van der Waals surface area contributed by atoms with E-state index in [1.165, 1.54) is 0 Å². The average molecular weight is 474 g/mol. The fourth-order valence-electron chi connectivity index (χ4n) is 4.27. The van der Waals surface area contributed by atoms with E-state index in [0.29, 0.717) is 19.8 Å². The first-order valence-electron chi connectivity index (χ1n) is 11.9. The molecule has 3 aromatic carbocycles. The molecule has 5 atom stereocenters. The van der Waals surface area contributed by atoms with Gasteiger partial charge in [0.25, 0.3) is 0 Å². The van der Waals surface area contributed by atoms with Gasteiger partial charge in [0.2, 0.25) is 0 Å². The molecule has 0 N–H and O–H groups in total. The van der Waals surface area contributed by atoms with Crippen molar-refractivity contribution in [2.75, 3.05) is 6.61 Å². The number of rotatable bonds is 11. The Labute approximate surface area is 206 Å². The van der Waals surface area contributed by atoms with Crippen molar-refractivity contribution in [2.24, 2.45) is 5.11 Å². The quantitative estimate of drug-likeness (QED) is 0.199. The van der Waals surface area contributed by atoms with Crippen LogP contribution in [-0.2, 0) is 38.8 Å². The molecule has 35 heavy (non-hydrogen) atoms. The lowest BCUT2D eigenvalue weighted by Gasteiger charge is -2.44. The van der Waals surface area contributed by atoms with Crippen molar-refractivity contribution >= 4 is 0 Å². The lowest BCUT2D eigenvalue weighted by Crippen LogP contribution is -2.58. The van der Waals surface area contributed by atoms with Crippen LogP contribution in [0.4, 0.5) is 0 Å². The number of hydrogen-bond donors (Lipinski definition) is 0. The Bertz CT molecular complexity index is 1060. The van der Waals surface area contributed by atoms with Gasteiger partial charge in [0, 0.05) is 4.91 Å². The largest absolute Gasteiger partial charge is 0.374 e. The molecule has 0 aromatic heterocycles. The van der Waals surface area contributed by atoms with Crippen LogP contribution in [-0.4, -0.2) is 37.1 Å². The van der Waals surface area contributed by atoms with Gasteiger partial charge in [-0.3, -0.25) is 0 Å². The van der Waals surface area contributed by atoms with Crippen molar-refractivity contribution in [2.45, 2.75) is 57.2 Å². The topological polar surface area (TPSA) is 85.7 Å². The number of azide groups is 1. The molecule has 1 saturated heterocycles. The smallest absolute Gasteiger partial charge is 0.110 e. The zero-order chi connectivity index (χ0) is 24.3. The van der Waals surface area contributed by atoms with E-state index in [-0.39, 0.29) is 12.7 Å².